The van der Waals surface area contributed by atoms with E-state index < -0.39 is 34.4 Å². The van der Waals surface area contributed by atoms with Gasteiger partial charge in [0.2, 0.25) is 0 Å². The molecule has 0 aromatic rings. The lowest BCUT2D eigenvalue weighted by atomic mass is 9.32. The Morgan fingerprint density at radius 1 is 0.971 bits per heavy atom. The minimum absolute atomic E-state index is 0.0857. The van der Waals surface area contributed by atoms with Crippen molar-refractivity contribution in [1.82, 2.24) is 0 Å². The second kappa shape index (κ2) is 7.57. The molecule has 10 atom stereocenters. The molecule has 35 heavy (non-hydrogen) atoms. The first-order chi connectivity index (χ1) is 16.1. The molecule has 0 aliphatic heterocycles. The van der Waals surface area contributed by atoms with Crippen LogP contribution in [0.1, 0.15) is 99.3 Å². The average molecular weight is 489 g/mol. The molecule has 0 bridgehead atoms. The molecular weight excluding hydrogens is 440 g/mol. The minimum atomic E-state index is -0.964. The number of carbonyl (C=O) groups is 1. The van der Waals surface area contributed by atoms with Crippen LogP contribution in [0.15, 0.2) is 11.6 Å². The number of aliphatic hydroxyl groups is 3. The summed E-state index contributed by atoms with van der Waals surface area (Å²) in [6.07, 6.45) is 8.40. The Kier molecular flexibility index (Phi) is 5.56. The van der Waals surface area contributed by atoms with E-state index in [2.05, 4.69) is 40.7 Å². The topological polar surface area (TPSA) is 98.0 Å². The Bertz CT molecular complexity index is 941. The van der Waals surface area contributed by atoms with Crippen molar-refractivity contribution in [3.05, 3.63) is 11.6 Å². The van der Waals surface area contributed by atoms with Gasteiger partial charge in [-0.2, -0.15) is 0 Å². The first-order valence-electron chi connectivity index (χ1n) is 14.0. The Balaban J connectivity index is 1.67. The molecule has 5 aliphatic rings. The van der Waals surface area contributed by atoms with Crippen LogP contribution in [0.25, 0.3) is 0 Å². The predicted octanol–water partition coefficient (Wildman–Crippen LogP) is 5.18. The summed E-state index contributed by atoms with van der Waals surface area (Å²) in [5, 5.41) is 44.2. The van der Waals surface area contributed by atoms with Crippen LogP contribution in [0.2, 0.25) is 0 Å². The molecule has 2 unspecified atom stereocenters. The molecule has 0 amide bonds. The van der Waals surface area contributed by atoms with Crippen LogP contribution < -0.4 is 0 Å². The van der Waals surface area contributed by atoms with Crippen LogP contribution in [0.4, 0.5) is 0 Å². The third-order valence-electron chi connectivity index (χ3n) is 12.9. The van der Waals surface area contributed by atoms with Crippen LogP contribution in [0.3, 0.4) is 0 Å². The molecular formula is C30H48O5. The number of aliphatic hydroxyl groups excluding tert-OH is 3. The number of carboxylic acids is 1. The van der Waals surface area contributed by atoms with Crippen molar-refractivity contribution >= 4 is 5.97 Å². The molecule has 0 heterocycles. The van der Waals surface area contributed by atoms with E-state index in [1.165, 1.54) is 6.42 Å². The summed E-state index contributed by atoms with van der Waals surface area (Å²) in [5.74, 6) is -0.614. The van der Waals surface area contributed by atoms with Crippen molar-refractivity contribution in [1.29, 1.82) is 0 Å². The van der Waals surface area contributed by atoms with Crippen molar-refractivity contribution in [2.24, 2.45) is 50.2 Å². The maximum atomic E-state index is 13.5. The summed E-state index contributed by atoms with van der Waals surface area (Å²) in [6.45, 7) is 13.2. The number of fused-ring (bicyclic) bond motifs is 7. The third kappa shape index (κ3) is 3.07. The lowest BCUT2D eigenvalue weighted by Crippen LogP contribution is -2.70. The zero-order chi connectivity index (χ0) is 25.8. The molecule has 0 saturated heterocycles. The van der Waals surface area contributed by atoms with E-state index in [4.69, 9.17) is 0 Å². The zero-order valence-corrected chi connectivity index (χ0v) is 22.7. The number of carboxylic acid groups (broad SMARTS) is 1. The van der Waals surface area contributed by atoms with Gasteiger partial charge in [-0.3, -0.25) is 4.79 Å². The third-order valence-corrected chi connectivity index (χ3v) is 12.9. The highest BCUT2D eigenvalue weighted by molar-refractivity contribution is 5.81. The quantitative estimate of drug-likeness (QED) is 0.402. The van der Waals surface area contributed by atoms with Gasteiger partial charge in [-0.1, -0.05) is 53.2 Å². The molecule has 4 N–H and O–H groups in total. The fourth-order valence-electron chi connectivity index (χ4n) is 10.8. The van der Waals surface area contributed by atoms with Gasteiger partial charge in [0.05, 0.1) is 24.2 Å². The largest absolute Gasteiger partial charge is 0.481 e. The van der Waals surface area contributed by atoms with Gasteiger partial charge < -0.3 is 20.4 Å². The smallest absolute Gasteiger partial charge is 0.314 e. The van der Waals surface area contributed by atoms with E-state index in [1.807, 2.05) is 6.92 Å². The summed E-state index contributed by atoms with van der Waals surface area (Å²) in [4.78, 5) is 13.5. The minimum Gasteiger partial charge on any atom is -0.481 e. The van der Waals surface area contributed by atoms with Crippen molar-refractivity contribution in [3.8, 4) is 0 Å². The maximum Gasteiger partial charge on any atom is 0.314 e. The van der Waals surface area contributed by atoms with Crippen molar-refractivity contribution in [2.75, 3.05) is 6.61 Å². The number of aliphatic carboxylic acids is 1. The monoisotopic (exact) mass is 488 g/mol. The number of allylic oxidation sites excluding steroid dienone is 1. The van der Waals surface area contributed by atoms with Crippen molar-refractivity contribution < 1.29 is 25.2 Å². The summed E-state index contributed by atoms with van der Waals surface area (Å²) in [6, 6.07) is 0. The number of hydrogen-bond acceptors (Lipinski definition) is 4. The number of rotatable bonds is 2. The molecule has 0 radical (unpaired) electrons. The summed E-state index contributed by atoms with van der Waals surface area (Å²) in [7, 11) is 0. The van der Waals surface area contributed by atoms with E-state index >= 15 is 0 Å². The average Bonchev–Trinajstić information content (AvgIpc) is 2.76. The molecule has 5 nitrogen and oxygen atoms in total. The molecule has 0 aromatic heterocycles. The van der Waals surface area contributed by atoms with Crippen LogP contribution in [0, 0.1) is 50.2 Å². The second-order valence-electron chi connectivity index (χ2n) is 15.1. The van der Waals surface area contributed by atoms with E-state index in [9.17, 15) is 25.2 Å². The van der Waals surface area contributed by atoms with Crippen molar-refractivity contribution in [3.63, 3.8) is 0 Å². The molecule has 4 fully saturated rings. The Hall–Kier alpha value is -0.910. The lowest BCUT2D eigenvalue weighted by molar-refractivity contribution is -0.254. The van der Waals surface area contributed by atoms with Gasteiger partial charge in [0, 0.05) is 11.3 Å². The Morgan fingerprint density at radius 2 is 1.63 bits per heavy atom. The zero-order valence-electron chi connectivity index (χ0n) is 22.7. The van der Waals surface area contributed by atoms with Crippen LogP contribution >= 0.6 is 0 Å². The Labute approximate surface area is 211 Å². The maximum absolute atomic E-state index is 13.5. The molecule has 0 aromatic carbocycles. The summed E-state index contributed by atoms with van der Waals surface area (Å²) < 4.78 is 0. The molecule has 5 aliphatic carbocycles. The Morgan fingerprint density at radius 3 is 2.26 bits per heavy atom. The molecule has 5 rings (SSSR count). The summed E-state index contributed by atoms with van der Waals surface area (Å²) in [5.41, 5.74) is -1.17. The molecule has 4 saturated carbocycles. The lowest BCUT2D eigenvalue weighted by Gasteiger charge is -2.71. The highest BCUT2D eigenvalue weighted by Crippen LogP contribution is 2.75. The van der Waals surface area contributed by atoms with E-state index in [1.54, 1.807) is 0 Å². The molecule has 0 spiro atoms. The van der Waals surface area contributed by atoms with Gasteiger partial charge >= 0.3 is 5.97 Å². The highest BCUT2D eigenvalue weighted by Gasteiger charge is 2.73. The van der Waals surface area contributed by atoms with Crippen LogP contribution in [-0.4, -0.2) is 45.2 Å². The van der Waals surface area contributed by atoms with E-state index in [0.717, 1.165) is 37.7 Å². The van der Waals surface area contributed by atoms with Crippen LogP contribution in [0.5, 0.6) is 0 Å². The first kappa shape index (κ1) is 25.7. The SMILES string of the molecule is CC1(C)CC[C@]2(C)CC[C@]3(C(=O)O)C(=CC[C@@H]4[C@@]5(C)CC[C@H](O)C(C)(CO)C5[C@H](O)C[C@]43C)[C@H]2C1. The molecule has 5 heteroatoms. The van der Waals surface area contributed by atoms with Gasteiger partial charge in [0.15, 0.2) is 0 Å². The standard InChI is InChI=1S/C30H48O5/c1-25(2)11-12-26(3)13-14-30(24(34)35)18(19(26)15-25)7-8-21-27(4)10-9-22(33)28(5,17-31)23(27)20(32)16-29(21,30)6/h7,19-23,31-33H,8-17H2,1-6H3,(H,34,35)/t19-,20-,21-,22+,23?,26-,27-,28?,29-,30-/m1/s1. The highest BCUT2D eigenvalue weighted by atomic mass is 16.4. The predicted molar refractivity (Wildman–Crippen MR) is 135 cm³/mol. The fourth-order valence-corrected chi connectivity index (χ4v) is 10.8. The second-order valence-corrected chi connectivity index (χ2v) is 15.1. The normalized spacial score (nSPS) is 55.0. The van der Waals surface area contributed by atoms with Gasteiger partial charge in [-0.25, -0.2) is 0 Å². The van der Waals surface area contributed by atoms with Gasteiger partial charge in [-0.05, 0) is 91.3 Å². The van der Waals surface area contributed by atoms with E-state index in [0.29, 0.717) is 19.3 Å². The summed E-state index contributed by atoms with van der Waals surface area (Å²) >= 11 is 0. The van der Waals surface area contributed by atoms with Crippen LogP contribution in [-0.2, 0) is 4.79 Å². The fraction of sp³-hybridized carbons (Fsp3) is 0.900. The number of hydrogen-bond donors (Lipinski definition) is 4. The van der Waals surface area contributed by atoms with Gasteiger partial charge in [-0.15, -0.1) is 0 Å². The van der Waals surface area contributed by atoms with Gasteiger partial charge in [0.25, 0.3) is 0 Å². The van der Waals surface area contributed by atoms with Crippen molar-refractivity contribution in [2.45, 2.75) is 112 Å². The first-order valence-corrected chi connectivity index (χ1v) is 14.0. The van der Waals surface area contributed by atoms with Gasteiger partial charge in [0.1, 0.15) is 0 Å². The van der Waals surface area contributed by atoms with E-state index in [-0.39, 0.29) is 40.6 Å². The molecule has 198 valence electrons.